The summed E-state index contributed by atoms with van der Waals surface area (Å²) >= 11 is 0. The van der Waals surface area contributed by atoms with Gasteiger partial charge in [0.05, 0.1) is 12.7 Å². The molecular formula is C18H21N3O3. The predicted molar refractivity (Wildman–Crippen MR) is 90.0 cm³/mol. The first kappa shape index (κ1) is 16.2. The van der Waals surface area contributed by atoms with Gasteiger partial charge in [-0.05, 0) is 30.9 Å². The number of anilines is 1. The molecule has 0 spiro atoms. The lowest BCUT2D eigenvalue weighted by Gasteiger charge is -2.34. The van der Waals surface area contributed by atoms with Crippen LogP contribution in [-0.2, 0) is 9.59 Å². The number of rotatable bonds is 5. The lowest BCUT2D eigenvalue weighted by molar-refractivity contribution is -0.137. The molecule has 0 radical (unpaired) electrons. The van der Waals surface area contributed by atoms with Crippen LogP contribution in [0, 0.1) is 0 Å². The molecule has 2 aromatic rings. The fourth-order valence-corrected chi connectivity index (χ4v) is 3.32. The SMILES string of the molecule is CC(CC(=O)N1CCC(CC(=O)O)c2ccccc21)n1ccnc1. The zero-order chi connectivity index (χ0) is 17.1. The van der Waals surface area contributed by atoms with Gasteiger partial charge in [-0.1, -0.05) is 18.2 Å². The summed E-state index contributed by atoms with van der Waals surface area (Å²) in [7, 11) is 0. The van der Waals surface area contributed by atoms with E-state index in [1.54, 1.807) is 17.4 Å². The predicted octanol–water partition coefficient (Wildman–Crippen LogP) is 2.83. The number of para-hydroxylation sites is 1. The van der Waals surface area contributed by atoms with Gasteiger partial charge in [0.1, 0.15) is 0 Å². The highest BCUT2D eigenvalue weighted by Gasteiger charge is 2.30. The van der Waals surface area contributed by atoms with Crippen LogP contribution in [-0.4, -0.2) is 33.1 Å². The summed E-state index contributed by atoms with van der Waals surface area (Å²) in [5, 5.41) is 9.10. The standard InChI is InChI=1S/C18H21N3O3/c1-13(20-9-7-19-12-20)10-17(22)21-8-6-14(11-18(23)24)15-4-2-3-5-16(15)21/h2-5,7,9,12-14H,6,8,10-11H2,1H3,(H,23,24). The van der Waals surface area contributed by atoms with Crippen molar-refractivity contribution in [3.05, 3.63) is 48.5 Å². The molecule has 2 unspecified atom stereocenters. The van der Waals surface area contributed by atoms with E-state index in [0.717, 1.165) is 11.3 Å². The Balaban J connectivity index is 1.78. The molecule has 1 amide bonds. The fraction of sp³-hybridized carbons (Fsp3) is 0.389. The van der Waals surface area contributed by atoms with Gasteiger partial charge in [0, 0.05) is 37.1 Å². The first-order valence-corrected chi connectivity index (χ1v) is 8.14. The second kappa shape index (κ2) is 6.86. The van der Waals surface area contributed by atoms with Crippen molar-refractivity contribution < 1.29 is 14.7 Å². The van der Waals surface area contributed by atoms with Crippen LogP contribution in [0.2, 0.25) is 0 Å². The van der Waals surface area contributed by atoms with Gasteiger partial charge in [-0.2, -0.15) is 0 Å². The van der Waals surface area contributed by atoms with Gasteiger partial charge in [0.25, 0.3) is 0 Å². The number of carboxylic acids is 1. The molecule has 1 aromatic heterocycles. The molecule has 6 heteroatoms. The van der Waals surface area contributed by atoms with E-state index in [4.69, 9.17) is 5.11 Å². The number of benzene rings is 1. The van der Waals surface area contributed by atoms with Crippen LogP contribution < -0.4 is 4.90 Å². The molecule has 0 aliphatic carbocycles. The van der Waals surface area contributed by atoms with Crippen LogP contribution in [0.5, 0.6) is 0 Å². The number of carbonyl (C=O) groups is 2. The lowest BCUT2D eigenvalue weighted by Crippen LogP contribution is -2.37. The topological polar surface area (TPSA) is 75.4 Å². The number of imidazole rings is 1. The summed E-state index contributed by atoms with van der Waals surface area (Å²) in [5.74, 6) is -0.783. The highest BCUT2D eigenvalue weighted by molar-refractivity contribution is 5.95. The van der Waals surface area contributed by atoms with Gasteiger partial charge in [0.2, 0.25) is 5.91 Å². The van der Waals surface area contributed by atoms with Crippen molar-refractivity contribution in [2.75, 3.05) is 11.4 Å². The van der Waals surface area contributed by atoms with E-state index in [1.165, 1.54) is 0 Å². The van der Waals surface area contributed by atoms with Crippen molar-refractivity contribution in [2.24, 2.45) is 0 Å². The number of hydrogen-bond acceptors (Lipinski definition) is 3. The van der Waals surface area contributed by atoms with Crippen molar-refractivity contribution in [2.45, 2.75) is 38.1 Å². The van der Waals surface area contributed by atoms with Crippen LogP contribution >= 0.6 is 0 Å². The van der Waals surface area contributed by atoms with Crippen LogP contribution in [0.15, 0.2) is 43.0 Å². The van der Waals surface area contributed by atoms with E-state index in [2.05, 4.69) is 4.98 Å². The molecule has 126 valence electrons. The molecule has 3 rings (SSSR count). The lowest BCUT2D eigenvalue weighted by atomic mass is 9.87. The largest absolute Gasteiger partial charge is 0.481 e. The Bertz CT molecular complexity index is 727. The number of carbonyl (C=O) groups excluding carboxylic acids is 1. The second-order valence-corrected chi connectivity index (χ2v) is 6.25. The van der Waals surface area contributed by atoms with E-state index in [9.17, 15) is 9.59 Å². The van der Waals surface area contributed by atoms with Crippen LogP contribution in [0.25, 0.3) is 0 Å². The minimum absolute atomic E-state index is 0.0314. The monoisotopic (exact) mass is 327 g/mol. The van der Waals surface area contributed by atoms with E-state index in [0.29, 0.717) is 19.4 Å². The molecule has 24 heavy (non-hydrogen) atoms. The average molecular weight is 327 g/mol. The quantitative estimate of drug-likeness (QED) is 0.916. The summed E-state index contributed by atoms with van der Waals surface area (Å²) < 4.78 is 1.92. The van der Waals surface area contributed by atoms with Crippen LogP contribution in [0.1, 0.15) is 43.7 Å². The van der Waals surface area contributed by atoms with E-state index >= 15 is 0 Å². The first-order chi connectivity index (χ1) is 11.6. The van der Waals surface area contributed by atoms with Gasteiger partial charge < -0.3 is 14.6 Å². The van der Waals surface area contributed by atoms with Crippen LogP contribution in [0.4, 0.5) is 5.69 Å². The maximum Gasteiger partial charge on any atom is 0.303 e. The van der Waals surface area contributed by atoms with Gasteiger partial charge in [-0.3, -0.25) is 9.59 Å². The Morgan fingerprint density at radius 1 is 1.38 bits per heavy atom. The van der Waals surface area contributed by atoms with Gasteiger partial charge >= 0.3 is 5.97 Å². The van der Waals surface area contributed by atoms with E-state index in [1.807, 2.05) is 42.0 Å². The van der Waals surface area contributed by atoms with Crippen molar-refractivity contribution in [3.8, 4) is 0 Å². The minimum Gasteiger partial charge on any atom is -0.481 e. The summed E-state index contributed by atoms with van der Waals surface area (Å²) in [4.78, 5) is 29.7. The Kier molecular flexibility index (Phi) is 4.64. The Labute approximate surface area is 140 Å². The maximum absolute atomic E-state index is 12.8. The number of hydrogen-bond donors (Lipinski definition) is 1. The van der Waals surface area contributed by atoms with Crippen molar-refractivity contribution >= 4 is 17.6 Å². The summed E-state index contributed by atoms with van der Waals surface area (Å²) in [6.45, 7) is 2.55. The third kappa shape index (κ3) is 3.32. The Morgan fingerprint density at radius 2 is 2.17 bits per heavy atom. The van der Waals surface area contributed by atoms with Gasteiger partial charge in [-0.25, -0.2) is 4.98 Å². The van der Waals surface area contributed by atoms with E-state index < -0.39 is 5.97 Å². The Morgan fingerprint density at radius 3 is 2.88 bits per heavy atom. The molecule has 0 fully saturated rings. The minimum atomic E-state index is -0.802. The second-order valence-electron chi connectivity index (χ2n) is 6.25. The third-order valence-corrected chi connectivity index (χ3v) is 4.59. The zero-order valence-corrected chi connectivity index (χ0v) is 13.6. The molecule has 0 saturated heterocycles. The number of aromatic nitrogens is 2. The molecule has 0 bridgehead atoms. The number of amides is 1. The van der Waals surface area contributed by atoms with E-state index in [-0.39, 0.29) is 24.3 Å². The highest BCUT2D eigenvalue weighted by Crippen LogP contribution is 2.37. The van der Waals surface area contributed by atoms with Crippen molar-refractivity contribution in [1.82, 2.24) is 9.55 Å². The molecule has 1 N–H and O–H groups in total. The smallest absolute Gasteiger partial charge is 0.303 e. The normalized spacial score (nSPS) is 18.0. The molecule has 2 atom stereocenters. The Hall–Kier alpha value is -2.63. The number of fused-ring (bicyclic) bond motifs is 1. The summed E-state index contributed by atoms with van der Waals surface area (Å²) in [5.41, 5.74) is 1.80. The molecule has 0 saturated carbocycles. The van der Waals surface area contributed by atoms with Crippen molar-refractivity contribution in [1.29, 1.82) is 0 Å². The van der Waals surface area contributed by atoms with Gasteiger partial charge in [0.15, 0.2) is 0 Å². The summed E-state index contributed by atoms with van der Waals surface area (Å²) in [6, 6.07) is 7.66. The molecular weight excluding hydrogens is 306 g/mol. The van der Waals surface area contributed by atoms with Crippen LogP contribution in [0.3, 0.4) is 0 Å². The molecule has 1 aliphatic heterocycles. The number of carboxylic acid groups (broad SMARTS) is 1. The fourth-order valence-electron chi connectivity index (χ4n) is 3.32. The zero-order valence-electron chi connectivity index (χ0n) is 13.6. The highest BCUT2D eigenvalue weighted by atomic mass is 16.4. The van der Waals surface area contributed by atoms with Crippen molar-refractivity contribution in [3.63, 3.8) is 0 Å². The first-order valence-electron chi connectivity index (χ1n) is 8.14. The van der Waals surface area contributed by atoms with Gasteiger partial charge in [-0.15, -0.1) is 0 Å². The maximum atomic E-state index is 12.8. The molecule has 1 aromatic carbocycles. The molecule has 2 heterocycles. The number of nitrogens with zero attached hydrogens (tertiary/aromatic N) is 3. The summed E-state index contributed by atoms with van der Waals surface area (Å²) in [6.07, 6.45) is 6.43. The molecule has 6 nitrogen and oxygen atoms in total. The third-order valence-electron chi connectivity index (χ3n) is 4.59. The number of aliphatic carboxylic acids is 1. The average Bonchev–Trinajstić information content (AvgIpc) is 3.09. The molecule has 1 aliphatic rings.